The first-order valence-electron chi connectivity index (χ1n) is 15.3. The summed E-state index contributed by atoms with van der Waals surface area (Å²) in [6, 6.07) is 10.1. The molecule has 5 aliphatic rings. The van der Waals surface area contributed by atoms with Crippen LogP contribution < -0.4 is 0 Å². The molecule has 1 aromatic heterocycles. The molecule has 2 heterocycles. The van der Waals surface area contributed by atoms with E-state index in [1.54, 1.807) is 23.5 Å². The van der Waals surface area contributed by atoms with Crippen molar-refractivity contribution in [2.75, 3.05) is 5.75 Å². The lowest BCUT2D eigenvalue weighted by Gasteiger charge is -2.59. The third-order valence-corrected chi connectivity index (χ3v) is 13.1. The van der Waals surface area contributed by atoms with Crippen LogP contribution in [0.2, 0.25) is 0 Å². The lowest BCUT2D eigenvalue weighted by atomic mass is 9.46. The van der Waals surface area contributed by atoms with Gasteiger partial charge in [-0.15, -0.1) is 11.3 Å². The maximum absolute atomic E-state index is 14.5. The number of ketones is 2. The van der Waals surface area contributed by atoms with E-state index in [0.29, 0.717) is 6.42 Å². The molecule has 1 N–H and O–H groups in total. The Morgan fingerprint density at radius 2 is 2.05 bits per heavy atom. The molecule has 0 spiro atoms. The van der Waals surface area contributed by atoms with Gasteiger partial charge in [0.1, 0.15) is 0 Å². The van der Waals surface area contributed by atoms with Gasteiger partial charge in [0, 0.05) is 27.7 Å². The zero-order valence-electron chi connectivity index (χ0n) is 24.5. The molecule has 1 aliphatic heterocycles. The van der Waals surface area contributed by atoms with Gasteiger partial charge in [0.15, 0.2) is 27.8 Å². The molecule has 6 nitrogen and oxygen atoms in total. The summed E-state index contributed by atoms with van der Waals surface area (Å²) < 4.78 is 14.2. The van der Waals surface area contributed by atoms with Gasteiger partial charge in [0.05, 0.1) is 23.7 Å². The number of carbonyl (C=O) groups excluding carboxylic acids is 2. The van der Waals surface area contributed by atoms with E-state index in [1.807, 2.05) is 41.8 Å². The van der Waals surface area contributed by atoms with Crippen molar-refractivity contribution >= 4 is 34.7 Å². The first kappa shape index (κ1) is 28.7. The highest BCUT2D eigenvalue weighted by molar-refractivity contribution is 8.01. The number of aromatic nitrogens is 1. The van der Waals surface area contributed by atoms with Crippen LogP contribution in [0.3, 0.4) is 0 Å². The second kappa shape index (κ2) is 10.5. The first-order valence-corrected chi connectivity index (χ1v) is 17.2. The van der Waals surface area contributed by atoms with Crippen molar-refractivity contribution in [1.82, 2.24) is 4.98 Å². The van der Waals surface area contributed by atoms with Crippen LogP contribution in [0.25, 0.3) is 11.3 Å². The number of aliphatic hydroxyl groups is 1. The minimum Gasteiger partial charge on any atom is -0.393 e. The number of carbonyl (C=O) groups is 2. The molecular weight excluding hydrogens is 567 g/mol. The zero-order valence-corrected chi connectivity index (χ0v) is 26.1. The van der Waals surface area contributed by atoms with Crippen LogP contribution in [0.15, 0.2) is 63.9 Å². The number of hydrogen-bond donors (Lipinski definition) is 1. The number of rotatable bonds is 7. The molecule has 7 rings (SSSR count). The van der Waals surface area contributed by atoms with Crippen molar-refractivity contribution in [3.8, 4) is 11.3 Å². The summed E-state index contributed by atoms with van der Waals surface area (Å²) in [4.78, 5) is 31.5. The molecule has 3 saturated carbocycles. The summed E-state index contributed by atoms with van der Waals surface area (Å²) in [5.41, 5.74) is 1.12. The van der Waals surface area contributed by atoms with Crippen LogP contribution in [-0.2, 0) is 19.1 Å². The van der Waals surface area contributed by atoms with Gasteiger partial charge in [0.25, 0.3) is 0 Å². The normalized spacial score (nSPS) is 40.2. The Labute approximate surface area is 256 Å². The SMILES string of the molecule is CCC[C@@H]1O[C@@H]2CC3C4CCC5=CC(=O)C=CC5(C)C4[C@@H](O)CC3(C)[C@]2(C(=O)CSc2nc(-c3ccccc3)cs2)O1. The number of nitrogens with zero attached hydrogens (tertiary/aromatic N) is 1. The molecule has 0 amide bonds. The van der Waals surface area contributed by atoms with E-state index in [1.165, 1.54) is 11.8 Å². The Kier molecular flexibility index (Phi) is 7.17. The lowest BCUT2D eigenvalue weighted by molar-refractivity contribution is -0.197. The van der Waals surface area contributed by atoms with Crippen molar-refractivity contribution in [3.05, 3.63) is 59.5 Å². The Balaban J connectivity index is 1.18. The maximum Gasteiger partial charge on any atom is 0.178 e. The summed E-state index contributed by atoms with van der Waals surface area (Å²) in [6.45, 7) is 6.47. The molecule has 4 aliphatic carbocycles. The number of benzene rings is 1. The monoisotopic (exact) mass is 605 g/mol. The zero-order chi connectivity index (χ0) is 29.3. The molecule has 9 atom stereocenters. The van der Waals surface area contributed by atoms with E-state index in [0.717, 1.165) is 53.3 Å². The maximum atomic E-state index is 14.5. The van der Waals surface area contributed by atoms with Crippen LogP contribution >= 0.6 is 23.1 Å². The Bertz CT molecular complexity index is 1450. The summed E-state index contributed by atoms with van der Waals surface area (Å²) in [5.74, 6) is 0.732. The summed E-state index contributed by atoms with van der Waals surface area (Å²) in [6.07, 6.45) is 8.76. The van der Waals surface area contributed by atoms with Crippen LogP contribution in [-0.4, -0.2) is 51.5 Å². The highest BCUT2D eigenvalue weighted by Gasteiger charge is 2.75. The van der Waals surface area contributed by atoms with Gasteiger partial charge in [-0.25, -0.2) is 4.98 Å². The predicted molar refractivity (Wildman–Crippen MR) is 164 cm³/mol. The van der Waals surface area contributed by atoms with Gasteiger partial charge in [-0.3, -0.25) is 9.59 Å². The molecule has 0 radical (unpaired) electrons. The minimum absolute atomic E-state index is 0.00144. The highest BCUT2D eigenvalue weighted by Crippen LogP contribution is 2.69. The third-order valence-electron chi connectivity index (χ3n) is 11.1. The second-order valence-corrected chi connectivity index (χ2v) is 15.3. The van der Waals surface area contributed by atoms with Crippen molar-refractivity contribution in [2.45, 2.75) is 87.7 Å². The molecule has 8 heteroatoms. The van der Waals surface area contributed by atoms with Gasteiger partial charge in [0.2, 0.25) is 0 Å². The number of fused-ring (bicyclic) bond motifs is 7. The number of allylic oxidation sites excluding steroid dienone is 4. The molecule has 2 aromatic rings. The lowest BCUT2D eigenvalue weighted by Crippen LogP contribution is -2.63. The van der Waals surface area contributed by atoms with Gasteiger partial charge < -0.3 is 14.6 Å². The molecule has 222 valence electrons. The van der Waals surface area contributed by atoms with E-state index in [9.17, 15) is 14.7 Å². The Hall–Kier alpha value is -2.10. The highest BCUT2D eigenvalue weighted by atomic mass is 32.2. The number of thioether (sulfide) groups is 1. The largest absolute Gasteiger partial charge is 0.393 e. The predicted octanol–water partition coefficient (Wildman–Crippen LogP) is 6.64. The van der Waals surface area contributed by atoms with Crippen molar-refractivity contribution in [2.24, 2.45) is 28.6 Å². The fourth-order valence-corrected chi connectivity index (χ4v) is 11.1. The average molecular weight is 606 g/mol. The van der Waals surface area contributed by atoms with E-state index in [4.69, 9.17) is 14.5 Å². The summed E-state index contributed by atoms with van der Waals surface area (Å²) in [7, 11) is 0. The second-order valence-electron chi connectivity index (χ2n) is 13.2. The molecular formula is C34H39NO5S2. The Morgan fingerprint density at radius 3 is 2.83 bits per heavy atom. The Morgan fingerprint density at radius 1 is 1.24 bits per heavy atom. The van der Waals surface area contributed by atoms with E-state index in [-0.39, 0.29) is 46.6 Å². The number of ether oxygens (including phenoxy) is 2. The van der Waals surface area contributed by atoms with Gasteiger partial charge in [-0.05, 0) is 56.1 Å². The van der Waals surface area contributed by atoms with Crippen molar-refractivity contribution in [1.29, 1.82) is 0 Å². The van der Waals surface area contributed by atoms with Crippen LogP contribution in [0, 0.1) is 28.6 Å². The number of Topliss-reactive ketones (excluding diaryl/α,β-unsaturated/α-hetero) is 1. The summed E-state index contributed by atoms with van der Waals surface area (Å²) in [5, 5.41) is 14.0. The fraction of sp³-hybridized carbons (Fsp3) is 0.559. The molecule has 5 unspecified atom stereocenters. The fourth-order valence-electron chi connectivity index (χ4n) is 9.31. The van der Waals surface area contributed by atoms with Crippen LogP contribution in [0.1, 0.15) is 59.3 Å². The molecule has 1 aromatic carbocycles. The third kappa shape index (κ3) is 4.20. The molecule has 4 fully saturated rings. The number of aliphatic hydroxyl groups excluding tert-OH is 1. The molecule has 0 bridgehead atoms. The molecule has 1 saturated heterocycles. The topological polar surface area (TPSA) is 85.7 Å². The summed E-state index contributed by atoms with van der Waals surface area (Å²) >= 11 is 3.04. The van der Waals surface area contributed by atoms with Crippen molar-refractivity contribution < 1.29 is 24.2 Å². The molecule has 42 heavy (non-hydrogen) atoms. The van der Waals surface area contributed by atoms with Crippen LogP contribution in [0.5, 0.6) is 0 Å². The first-order chi connectivity index (χ1) is 20.2. The number of thiazole rings is 1. The minimum atomic E-state index is -1.09. The van der Waals surface area contributed by atoms with E-state index < -0.39 is 23.4 Å². The van der Waals surface area contributed by atoms with Gasteiger partial charge >= 0.3 is 0 Å². The van der Waals surface area contributed by atoms with E-state index >= 15 is 0 Å². The number of hydrogen-bond acceptors (Lipinski definition) is 8. The van der Waals surface area contributed by atoms with Crippen molar-refractivity contribution in [3.63, 3.8) is 0 Å². The van der Waals surface area contributed by atoms with Gasteiger partial charge in [-0.1, -0.05) is 80.9 Å². The van der Waals surface area contributed by atoms with Gasteiger partial charge in [-0.2, -0.15) is 0 Å². The quantitative estimate of drug-likeness (QED) is 0.354. The van der Waals surface area contributed by atoms with E-state index in [2.05, 4.69) is 20.8 Å². The standard InChI is InChI=1S/C34H39NO5S2/c1-4-8-29-39-28-16-24-23-12-11-21-15-22(36)13-14-32(21,2)30(23)26(37)17-33(24,3)34(28,40-29)27(38)19-42-31-35-25(18-41-31)20-9-6-5-7-10-20/h5-7,9-10,13-15,18,23-24,26,28-30,37H,4,8,11-12,16-17,19H2,1-3H3/t23?,24?,26-,28+,29+,30?,32?,33?,34+/m0/s1. The smallest absolute Gasteiger partial charge is 0.178 e. The van der Waals surface area contributed by atoms with Crippen LogP contribution in [0.4, 0.5) is 0 Å². The average Bonchev–Trinajstić information content (AvgIpc) is 3.65.